The van der Waals surface area contributed by atoms with E-state index in [1.54, 1.807) is 6.20 Å². The van der Waals surface area contributed by atoms with E-state index in [2.05, 4.69) is 19.5 Å². The Labute approximate surface area is 139 Å². The van der Waals surface area contributed by atoms with Crippen LogP contribution in [0.25, 0.3) is 22.1 Å². The largest absolute Gasteiger partial charge is 0.388 e. The monoisotopic (exact) mass is 327 g/mol. The van der Waals surface area contributed by atoms with Gasteiger partial charge in [-0.2, -0.15) is 0 Å². The number of hydrogen-bond donors (Lipinski definition) is 2. The Kier molecular flexibility index (Phi) is 3.62. The summed E-state index contributed by atoms with van der Waals surface area (Å²) in [6, 6.07) is 3.73. The number of aliphatic hydroxyl groups is 1. The summed E-state index contributed by atoms with van der Waals surface area (Å²) in [5, 5.41) is 11.0. The number of anilines is 1. The van der Waals surface area contributed by atoms with Gasteiger partial charge in [0, 0.05) is 38.7 Å². The number of aryl methyl sites for hydroxylation is 1. The predicted octanol–water partition coefficient (Wildman–Crippen LogP) is 1.67. The quantitative estimate of drug-likeness (QED) is 0.759. The summed E-state index contributed by atoms with van der Waals surface area (Å²) in [4.78, 5) is 13.6. The Hall–Kier alpha value is -2.25. The molecule has 0 atom stereocenters. The number of rotatable bonds is 3. The zero-order valence-electron chi connectivity index (χ0n) is 13.7. The molecule has 4 heterocycles. The van der Waals surface area contributed by atoms with Crippen LogP contribution in [0.1, 0.15) is 25.6 Å². The molecule has 7 nitrogen and oxygen atoms in total. The zero-order chi connectivity index (χ0) is 16.7. The number of fused-ring (bicyclic) bond motifs is 3. The molecule has 0 radical (unpaired) electrons. The Balaban J connectivity index is 1.95. The highest BCUT2D eigenvalue weighted by Crippen LogP contribution is 2.31. The molecule has 1 saturated heterocycles. The van der Waals surface area contributed by atoms with E-state index in [-0.39, 0.29) is 0 Å². The van der Waals surface area contributed by atoms with Crippen molar-refractivity contribution in [3.8, 4) is 0 Å². The van der Waals surface area contributed by atoms with Crippen molar-refractivity contribution in [1.29, 1.82) is 0 Å². The number of pyridine rings is 2. The lowest BCUT2D eigenvalue weighted by Gasteiger charge is -2.33. The van der Waals surface area contributed by atoms with E-state index in [0.717, 1.165) is 28.8 Å². The van der Waals surface area contributed by atoms with Crippen molar-refractivity contribution in [2.75, 3.05) is 18.9 Å². The third-order valence-corrected chi connectivity index (χ3v) is 4.73. The molecule has 1 aliphatic rings. The molecule has 0 bridgehead atoms. The molecule has 0 aromatic carbocycles. The molecule has 24 heavy (non-hydrogen) atoms. The van der Waals surface area contributed by atoms with E-state index in [1.807, 2.05) is 19.1 Å². The van der Waals surface area contributed by atoms with Crippen LogP contribution in [0.2, 0.25) is 0 Å². The number of imidazole rings is 1. The molecule has 0 aliphatic carbocycles. The van der Waals surface area contributed by atoms with Crippen molar-refractivity contribution >= 4 is 27.9 Å². The number of ether oxygens (including phenoxy) is 1. The first-order valence-electron chi connectivity index (χ1n) is 8.31. The van der Waals surface area contributed by atoms with E-state index in [1.165, 1.54) is 0 Å². The molecule has 7 heteroatoms. The minimum Gasteiger partial charge on any atom is -0.388 e. The number of nitrogen functional groups attached to an aromatic ring is 1. The predicted molar refractivity (Wildman–Crippen MR) is 91.6 cm³/mol. The van der Waals surface area contributed by atoms with Crippen LogP contribution in [0.3, 0.4) is 0 Å². The summed E-state index contributed by atoms with van der Waals surface area (Å²) < 4.78 is 7.45. The molecule has 3 aromatic heterocycles. The van der Waals surface area contributed by atoms with Crippen molar-refractivity contribution in [2.24, 2.45) is 0 Å². The standard InChI is InChI=1S/C17H21N5O2/c1-2-12-21-14-15(13-11(20-16(14)18)4-3-7-19-13)22(12)10-17(23)5-8-24-9-6-17/h3-4,7,23H,2,5-6,8-10H2,1H3,(H2,18,20). The highest BCUT2D eigenvalue weighted by Gasteiger charge is 2.32. The summed E-state index contributed by atoms with van der Waals surface area (Å²) >= 11 is 0. The molecule has 0 amide bonds. The van der Waals surface area contributed by atoms with E-state index in [0.29, 0.717) is 43.9 Å². The molecule has 0 spiro atoms. The molecule has 3 N–H and O–H groups in total. The fourth-order valence-electron chi connectivity index (χ4n) is 3.41. The van der Waals surface area contributed by atoms with Gasteiger partial charge in [-0.1, -0.05) is 6.92 Å². The summed E-state index contributed by atoms with van der Waals surface area (Å²) in [6.07, 6.45) is 3.71. The van der Waals surface area contributed by atoms with Gasteiger partial charge in [0.05, 0.1) is 17.7 Å². The Morgan fingerprint density at radius 2 is 2.08 bits per heavy atom. The van der Waals surface area contributed by atoms with E-state index < -0.39 is 5.60 Å². The van der Waals surface area contributed by atoms with Crippen LogP contribution in [-0.4, -0.2) is 43.4 Å². The molecule has 3 aromatic rings. The molecule has 0 unspecified atom stereocenters. The molecular weight excluding hydrogens is 306 g/mol. The lowest BCUT2D eigenvalue weighted by molar-refractivity contribution is -0.0725. The first kappa shape index (κ1) is 15.3. The molecule has 126 valence electrons. The Bertz CT molecular complexity index is 899. The summed E-state index contributed by atoms with van der Waals surface area (Å²) in [7, 11) is 0. The van der Waals surface area contributed by atoms with E-state index >= 15 is 0 Å². The van der Waals surface area contributed by atoms with Crippen molar-refractivity contribution in [3.05, 3.63) is 24.2 Å². The minimum atomic E-state index is -0.797. The minimum absolute atomic E-state index is 0.401. The average molecular weight is 327 g/mol. The van der Waals surface area contributed by atoms with Crippen LogP contribution in [0, 0.1) is 0 Å². The summed E-state index contributed by atoms with van der Waals surface area (Å²) in [6.45, 7) is 3.66. The average Bonchev–Trinajstić information content (AvgIpc) is 2.94. The second-order valence-electron chi connectivity index (χ2n) is 6.37. The van der Waals surface area contributed by atoms with Gasteiger partial charge in [-0.15, -0.1) is 0 Å². The first-order chi connectivity index (χ1) is 11.6. The van der Waals surface area contributed by atoms with E-state index in [4.69, 9.17) is 10.5 Å². The molecule has 4 rings (SSSR count). The van der Waals surface area contributed by atoms with Gasteiger partial charge in [0.25, 0.3) is 0 Å². The topological polar surface area (TPSA) is 99.1 Å². The highest BCUT2D eigenvalue weighted by molar-refractivity contribution is 6.04. The maximum Gasteiger partial charge on any atom is 0.152 e. The molecule has 1 fully saturated rings. The SMILES string of the molecule is CCc1nc2c(N)nc3cccnc3c2n1CC1(O)CCOCC1. The fourth-order valence-corrected chi connectivity index (χ4v) is 3.41. The number of nitrogens with zero attached hydrogens (tertiary/aromatic N) is 4. The third kappa shape index (κ3) is 2.40. The van der Waals surface area contributed by atoms with Crippen LogP contribution in [-0.2, 0) is 17.7 Å². The maximum atomic E-state index is 11.0. The van der Waals surface area contributed by atoms with Gasteiger partial charge < -0.3 is 20.1 Å². The van der Waals surface area contributed by atoms with Gasteiger partial charge in [-0.25, -0.2) is 9.97 Å². The van der Waals surface area contributed by atoms with Crippen LogP contribution in [0.15, 0.2) is 18.3 Å². The second-order valence-corrected chi connectivity index (χ2v) is 6.37. The number of hydrogen-bond acceptors (Lipinski definition) is 6. The van der Waals surface area contributed by atoms with Crippen LogP contribution in [0.4, 0.5) is 5.82 Å². The highest BCUT2D eigenvalue weighted by atomic mass is 16.5. The number of nitrogens with two attached hydrogens (primary N) is 1. The van der Waals surface area contributed by atoms with Gasteiger partial charge in [-0.3, -0.25) is 4.98 Å². The van der Waals surface area contributed by atoms with Gasteiger partial charge in [-0.05, 0) is 12.1 Å². The summed E-state index contributed by atoms with van der Waals surface area (Å²) in [5.41, 5.74) is 8.36. The molecule has 0 saturated carbocycles. The lowest BCUT2D eigenvalue weighted by atomic mass is 9.94. The second kappa shape index (κ2) is 5.68. The van der Waals surface area contributed by atoms with Crippen molar-refractivity contribution < 1.29 is 9.84 Å². The Morgan fingerprint density at radius 1 is 1.29 bits per heavy atom. The zero-order valence-corrected chi connectivity index (χ0v) is 13.7. The van der Waals surface area contributed by atoms with Crippen molar-refractivity contribution in [1.82, 2.24) is 19.5 Å². The molecular formula is C17H21N5O2. The normalized spacial score (nSPS) is 17.6. The molecule has 1 aliphatic heterocycles. The van der Waals surface area contributed by atoms with Crippen molar-refractivity contribution in [3.63, 3.8) is 0 Å². The summed E-state index contributed by atoms with van der Waals surface area (Å²) in [5.74, 6) is 1.29. The van der Waals surface area contributed by atoms with Crippen LogP contribution in [0.5, 0.6) is 0 Å². The fraction of sp³-hybridized carbons (Fsp3) is 0.471. The van der Waals surface area contributed by atoms with Crippen LogP contribution < -0.4 is 5.73 Å². The smallest absolute Gasteiger partial charge is 0.152 e. The van der Waals surface area contributed by atoms with E-state index in [9.17, 15) is 5.11 Å². The first-order valence-corrected chi connectivity index (χ1v) is 8.31. The lowest BCUT2D eigenvalue weighted by Crippen LogP contribution is -2.40. The van der Waals surface area contributed by atoms with Crippen LogP contribution >= 0.6 is 0 Å². The number of aromatic nitrogens is 4. The Morgan fingerprint density at radius 3 is 2.83 bits per heavy atom. The van der Waals surface area contributed by atoms with Gasteiger partial charge in [0.1, 0.15) is 22.4 Å². The van der Waals surface area contributed by atoms with Crippen molar-refractivity contribution in [2.45, 2.75) is 38.3 Å². The van der Waals surface area contributed by atoms with Gasteiger partial charge in [0.2, 0.25) is 0 Å². The van der Waals surface area contributed by atoms with Gasteiger partial charge in [0.15, 0.2) is 5.82 Å². The third-order valence-electron chi connectivity index (χ3n) is 4.73. The maximum absolute atomic E-state index is 11.0. The van der Waals surface area contributed by atoms with Gasteiger partial charge >= 0.3 is 0 Å².